The molecular weight excluding hydrogens is 294 g/mol. The molecule has 0 spiro atoms. The lowest BCUT2D eigenvalue weighted by molar-refractivity contribution is -0.131. The van der Waals surface area contributed by atoms with Crippen molar-refractivity contribution in [3.8, 4) is 5.75 Å². The van der Waals surface area contributed by atoms with Crippen LogP contribution in [0, 0.1) is 0 Å². The van der Waals surface area contributed by atoms with Crippen molar-refractivity contribution >= 4 is 40.4 Å². The van der Waals surface area contributed by atoms with Crippen LogP contribution >= 0.6 is 11.8 Å². The lowest BCUT2D eigenvalue weighted by atomic mass is 10.2. The molecule has 1 heterocycles. The Bertz CT molecular complexity index is 630. The molecule has 8 heteroatoms. The van der Waals surface area contributed by atoms with E-state index in [1.165, 1.54) is 13.0 Å². The fraction of sp³-hybridized carbons (Fsp3) is 0.231. The molecule has 1 aromatic carbocycles. The molecule has 0 saturated heterocycles. The van der Waals surface area contributed by atoms with Gasteiger partial charge in [-0.05, 0) is 12.1 Å². The molecule has 2 rings (SSSR count). The van der Waals surface area contributed by atoms with Crippen LogP contribution in [0.1, 0.15) is 13.3 Å². The van der Waals surface area contributed by atoms with E-state index in [9.17, 15) is 14.4 Å². The van der Waals surface area contributed by atoms with E-state index in [4.69, 9.17) is 10.5 Å². The number of anilines is 1. The Kier molecular flexibility index (Phi) is 4.59. The maximum Gasteiger partial charge on any atom is 0.308 e. The van der Waals surface area contributed by atoms with Gasteiger partial charge < -0.3 is 15.8 Å². The van der Waals surface area contributed by atoms with E-state index < -0.39 is 17.1 Å². The van der Waals surface area contributed by atoms with Crippen LogP contribution in [0.2, 0.25) is 0 Å². The minimum atomic E-state index is -0.582. The molecule has 7 nitrogen and oxygen atoms in total. The van der Waals surface area contributed by atoms with Crippen molar-refractivity contribution in [2.75, 3.05) is 5.32 Å². The Labute approximate surface area is 124 Å². The molecule has 2 amide bonds. The van der Waals surface area contributed by atoms with Crippen molar-refractivity contribution in [2.24, 2.45) is 10.7 Å². The van der Waals surface area contributed by atoms with Gasteiger partial charge in [0, 0.05) is 25.1 Å². The minimum Gasteiger partial charge on any atom is -0.427 e. The summed E-state index contributed by atoms with van der Waals surface area (Å²) in [6, 6.07) is 6.42. The minimum absolute atomic E-state index is 0.0223. The zero-order chi connectivity index (χ0) is 15.4. The van der Waals surface area contributed by atoms with Crippen LogP contribution in [-0.2, 0) is 14.4 Å². The molecule has 0 saturated carbocycles. The summed E-state index contributed by atoms with van der Waals surface area (Å²) in [5.74, 6) is -0.856. The maximum absolute atomic E-state index is 11.9. The van der Waals surface area contributed by atoms with Crippen LogP contribution in [0.3, 0.4) is 0 Å². The first-order valence-corrected chi connectivity index (χ1v) is 6.95. The highest BCUT2D eigenvalue weighted by Crippen LogP contribution is 2.24. The van der Waals surface area contributed by atoms with Crippen LogP contribution < -0.4 is 15.8 Å². The fourth-order valence-corrected chi connectivity index (χ4v) is 2.54. The van der Waals surface area contributed by atoms with Gasteiger partial charge in [0.05, 0.1) is 0 Å². The quantitative estimate of drug-likeness (QED) is 0.631. The lowest BCUT2D eigenvalue weighted by Gasteiger charge is -2.09. The molecule has 1 aliphatic heterocycles. The lowest BCUT2D eigenvalue weighted by Crippen LogP contribution is -2.21. The van der Waals surface area contributed by atoms with E-state index in [1.54, 1.807) is 18.2 Å². The number of thioether (sulfide) groups is 1. The van der Waals surface area contributed by atoms with E-state index >= 15 is 0 Å². The number of hydrogen-bond acceptors (Lipinski definition) is 6. The van der Waals surface area contributed by atoms with Crippen molar-refractivity contribution in [2.45, 2.75) is 18.6 Å². The van der Waals surface area contributed by atoms with Gasteiger partial charge in [0.15, 0.2) is 5.17 Å². The number of carbonyl (C=O) groups is 3. The van der Waals surface area contributed by atoms with E-state index in [-0.39, 0.29) is 17.5 Å². The number of nitrogens with one attached hydrogen (secondary N) is 1. The van der Waals surface area contributed by atoms with Gasteiger partial charge in [-0.3, -0.25) is 14.4 Å². The van der Waals surface area contributed by atoms with Crippen molar-refractivity contribution in [1.29, 1.82) is 0 Å². The van der Waals surface area contributed by atoms with Gasteiger partial charge in [0.2, 0.25) is 5.91 Å². The topological polar surface area (TPSA) is 111 Å². The number of carbonyl (C=O) groups excluding carboxylic acids is 3. The number of benzene rings is 1. The molecule has 0 unspecified atom stereocenters. The second-order valence-electron chi connectivity index (χ2n) is 4.27. The molecule has 1 aromatic rings. The number of hydrogen-bond donors (Lipinski definition) is 2. The monoisotopic (exact) mass is 307 g/mol. The van der Waals surface area contributed by atoms with Crippen molar-refractivity contribution in [1.82, 2.24) is 0 Å². The summed E-state index contributed by atoms with van der Waals surface area (Å²) in [4.78, 5) is 37.7. The molecule has 0 aromatic heterocycles. The number of ether oxygens (including phenoxy) is 1. The Morgan fingerprint density at radius 1 is 1.48 bits per heavy atom. The first-order chi connectivity index (χ1) is 9.94. The van der Waals surface area contributed by atoms with Gasteiger partial charge in [-0.25, -0.2) is 0 Å². The highest BCUT2D eigenvalue weighted by molar-refractivity contribution is 8.15. The summed E-state index contributed by atoms with van der Waals surface area (Å²) in [7, 11) is 0. The number of rotatable bonds is 4. The molecule has 21 heavy (non-hydrogen) atoms. The van der Waals surface area contributed by atoms with Crippen LogP contribution in [-0.4, -0.2) is 28.2 Å². The molecule has 0 radical (unpaired) electrons. The Hall–Kier alpha value is -2.35. The highest BCUT2D eigenvalue weighted by Gasteiger charge is 2.29. The number of esters is 1. The van der Waals surface area contributed by atoms with E-state index in [0.29, 0.717) is 11.4 Å². The molecule has 110 valence electrons. The Balaban J connectivity index is 1.94. The average molecular weight is 307 g/mol. The normalized spacial score (nSPS) is 17.3. The zero-order valence-corrected chi connectivity index (χ0v) is 12.0. The smallest absolute Gasteiger partial charge is 0.308 e. The molecule has 0 fully saturated rings. The number of amidine groups is 1. The standard InChI is InChI=1S/C13H13N3O4S/c1-7(17)20-9-4-2-3-8(5-9)15-11(18)6-10-12(19)16-13(14)21-10/h2-5,10H,6H2,1H3,(H,15,18)(H2,14,16,19)/t10-/m0/s1. The van der Waals surface area contributed by atoms with Crippen molar-refractivity contribution < 1.29 is 19.1 Å². The van der Waals surface area contributed by atoms with Gasteiger partial charge in [-0.2, -0.15) is 4.99 Å². The second-order valence-corrected chi connectivity index (χ2v) is 5.49. The molecule has 0 bridgehead atoms. The Morgan fingerprint density at radius 2 is 2.24 bits per heavy atom. The van der Waals surface area contributed by atoms with Crippen molar-refractivity contribution in [3.63, 3.8) is 0 Å². The number of nitrogens with two attached hydrogens (primary N) is 1. The average Bonchev–Trinajstić information content (AvgIpc) is 2.67. The summed E-state index contributed by atoms with van der Waals surface area (Å²) in [5.41, 5.74) is 5.90. The van der Waals surface area contributed by atoms with Gasteiger partial charge in [-0.15, -0.1) is 0 Å². The van der Waals surface area contributed by atoms with E-state index in [0.717, 1.165) is 11.8 Å². The summed E-state index contributed by atoms with van der Waals surface area (Å²) >= 11 is 1.07. The van der Waals surface area contributed by atoms with Crippen molar-refractivity contribution in [3.05, 3.63) is 24.3 Å². The summed E-state index contributed by atoms with van der Waals surface area (Å²) in [5, 5.41) is 2.22. The zero-order valence-electron chi connectivity index (χ0n) is 11.2. The van der Waals surface area contributed by atoms with Gasteiger partial charge in [0.25, 0.3) is 5.91 Å². The second kappa shape index (κ2) is 6.40. The predicted octanol–water partition coefficient (Wildman–Crippen LogP) is 0.897. The number of nitrogens with zero attached hydrogens (tertiary/aromatic N) is 1. The third-order valence-electron chi connectivity index (χ3n) is 2.51. The van der Waals surface area contributed by atoms with Gasteiger partial charge in [-0.1, -0.05) is 17.8 Å². The van der Waals surface area contributed by atoms with Gasteiger partial charge in [0.1, 0.15) is 11.0 Å². The van der Waals surface area contributed by atoms with Crippen LogP contribution in [0.25, 0.3) is 0 Å². The first-order valence-electron chi connectivity index (χ1n) is 6.07. The highest BCUT2D eigenvalue weighted by atomic mass is 32.2. The number of aliphatic imine (C=N–C) groups is 1. The third kappa shape index (κ3) is 4.32. The molecule has 1 atom stereocenters. The first kappa shape index (κ1) is 15.0. The summed E-state index contributed by atoms with van der Waals surface area (Å²) < 4.78 is 4.92. The molecule has 1 aliphatic rings. The van der Waals surface area contributed by atoms with E-state index in [1.807, 2.05) is 0 Å². The van der Waals surface area contributed by atoms with Crippen LogP contribution in [0.5, 0.6) is 5.75 Å². The maximum atomic E-state index is 11.9. The van der Waals surface area contributed by atoms with Crippen LogP contribution in [0.15, 0.2) is 29.3 Å². The number of amides is 2. The third-order valence-corrected chi connectivity index (χ3v) is 3.49. The predicted molar refractivity (Wildman–Crippen MR) is 79.0 cm³/mol. The summed E-state index contributed by atoms with van der Waals surface area (Å²) in [6.45, 7) is 1.29. The fourth-order valence-electron chi connectivity index (χ4n) is 1.72. The molecule has 0 aliphatic carbocycles. The summed E-state index contributed by atoms with van der Waals surface area (Å²) in [6.07, 6.45) is -0.0223. The molecule has 3 N–H and O–H groups in total. The largest absolute Gasteiger partial charge is 0.427 e. The molecular formula is C13H13N3O4S. The van der Waals surface area contributed by atoms with Crippen LogP contribution in [0.4, 0.5) is 5.69 Å². The van der Waals surface area contributed by atoms with Gasteiger partial charge >= 0.3 is 5.97 Å². The Morgan fingerprint density at radius 3 is 2.86 bits per heavy atom. The SMILES string of the molecule is CC(=O)Oc1cccc(NC(=O)C[C@@H]2SC(N)=NC2=O)c1. The van der Waals surface area contributed by atoms with E-state index in [2.05, 4.69) is 10.3 Å².